The Bertz CT molecular complexity index is 113. The first-order valence-corrected chi connectivity index (χ1v) is 3.70. The maximum absolute atomic E-state index is 9.21. The second-order valence-corrected chi connectivity index (χ2v) is 3.03. The minimum atomic E-state index is -0.0810. The van der Waals surface area contributed by atoms with Crippen LogP contribution in [-0.4, -0.2) is 23.4 Å². The maximum Gasteiger partial charge on any atom is 0.0866 e. The Labute approximate surface area is 54.8 Å². The van der Waals surface area contributed by atoms with Crippen LogP contribution in [0.4, 0.5) is 0 Å². The van der Waals surface area contributed by atoms with Gasteiger partial charge in [0.2, 0.25) is 0 Å². The van der Waals surface area contributed by atoms with Gasteiger partial charge in [-0.25, -0.2) is 0 Å². The van der Waals surface area contributed by atoms with Gasteiger partial charge in [-0.15, -0.1) is 0 Å². The lowest BCUT2D eigenvalue weighted by Crippen LogP contribution is -2.07. The molecule has 52 valence electrons. The van der Waals surface area contributed by atoms with Crippen LogP contribution < -0.4 is 0 Å². The molecule has 1 N–H and O–H groups in total. The van der Waals surface area contributed by atoms with Gasteiger partial charge in [0.15, 0.2) is 0 Å². The molecule has 1 aliphatic heterocycles. The van der Waals surface area contributed by atoms with E-state index in [1.807, 2.05) is 0 Å². The predicted molar refractivity (Wildman–Crippen MR) is 33.1 cm³/mol. The molecular weight excluding hydrogens is 116 g/mol. The third-order valence-corrected chi connectivity index (χ3v) is 2.22. The smallest absolute Gasteiger partial charge is 0.0866 e. The molecule has 0 aromatic carbocycles. The summed E-state index contributed by atoms with van der Waals surface area (Å²) in [6.07, 6.45) is 5.03. The van der Waals surface area contributed by atoms with Crippen LogP contribution in [0.15, 0.2) is 0 Å². The van der Waals surface area contributed by atoms with E-state index in [4.69, 9.17) is 4.74 Å². The summed E-state index contributed by atoms with van der Waals surface area (Å²) in [5, 5.41) is 9.21. The molecule has 0 amide bonds. The lowest BCUT2D eigenvalue weighted by Gasteiger charge is -2.03. The van der Waals surface area contributed by atoms with Crippen molar-refractivity contribution in [3.05, 3.63) is 0 Å². The standard InChI is InChI=1S/C7H12O2/c8-5-2-1-3-6-7(4-5)9-6/h5-8H,1-4H2/t5-,6+,7-/m1/s1. The normalized spacial score (nSPS) is 49.7. The zero-order valence-electron chi connectivity index (χ0n) is 5.42. The maximum atomic E-state index is 9.21. The highest BCUT2D eigenvalue weighted by Crippen LogP contribution is 2.34. The fourth-order valence-corrected chi connectivity index (χ4v) is 1.58. The number of rotatable bonds is 0. The van der Waals surface area contributed by atoms with Crippen LogP contribution >= 0.6 is 0 Å². The first-order valence-electron chi connectivity index (χ1n) is 3.70. The van der Waals surface area contributed by atoms with Crippen LogP contribution in [0.3, 0.4) is 0 Å². The molecule has 2 rings (SSSR count). The molecule has 1 aliphatic carbocycles. The van der Waals surface area contributed by atoms with E-state index in [1.54, 1.807) is 0 Å². The third kappa shape index (κ3) is 1.10. The lowest BCUT2D eigenvalue weighted by molar-refractivity contribution is 0.137. The highest BCUT2D eigenvalue weighted by atomic mass is 16.6. The number of aliphatic hydroxyl groups is 1. The number of hydrogen-bond acceptors (Lipinski definition) is 2. The van der Waals surface area contributed by atoms with Crippen molar-refractivity contribution in [1.29, 1.82) is 0 Å². The molecule has 0 aromatic heterocycles. The predicted octanol–water partition coefficient (Wildman–Crippen LogP) is 0.689. The molecule has 1 saturated heterocycles. The zero-order valence-corrected chi connectivity index (χ0v) is 5.42. The molecule has 9 heavy (non-hydrogen) atoms. The quantitative estimate of drug-likeness (QED) is 0.487. The first kappa shape index (κ1) is 5.69. The van der Waals surface area contributed by atoms with E-state index in [9.17, 15) is 5.11 Å². The van der Waals surface area contributed by atoms with Gasteiger partial charge in [0, 0.05) is 6.42 Å². The Morgan fingerprint density at radius 3 is 3.00 bits per heavy atom. The topological polar surface area (TPSA) is 32.8 Å². The van der Waals surface area contributed by atoms with Gasteiger partial charge < -0.3 is 9.84 Å². The molecule has 0 radical (unpaired) electrons. The Morgan fingerprint density at radius 1 is 1.22 bits per heavy atom. The monoisotopic (exact) mass is 128 g/mol. The fraction of sp³-hybridized carbons (Fsp3) is 1.00. The van der Waals surface area contributed by atoms with E-state index in [1.165, 1.54) is 6.42 Å². The molecule has 3 atom stereocenters. The van der Waals surface area contributed by atoms with Crippen LogP contribution in [0.1, 0.15) is 25.7 Å². The zero-order chi connectivity index (χ0) is 6.27. The number of epoxide rings is 1. The highest BCUT2D eigenvalue weighted by molar-refractivity contribution is 4.89. The Hall–Kier alpha value is -0.0800. The number of hydrogen-bond donors (Lipinski definition) is 1. The van der Waals surface area contributed by atoms with Crippen molar-refractivity contribution in [2.24, 2.45) is 0 Å². The van der Waals surface area contributed by atoms with Gasteiger partial charge in [-0.1, -0.05) is 0 Å². The van der Waals surface area contributed by atoms with Gasteiger partial charge in [-0.05, 0) is 19.3 Å². The first-order chi connectivity index (χ1) is 4.36. The van der Waals surface area contributed by atoms with E-state index < -0.39 is 0 Å². The molecular formula is C7H12O2. The molecule has 2 nitrogen and oxygen atoms in total. The average Bonchev–Trinajstić information content (AvgIpc) is 2.43. The Morgan fingerprint density at radius 2 is 2.11 bits per heavy atom. The fourth-order valence-electron chi connectivity index (χ4n) is 1.58. The summed E-state index contributed by atoms with van der Waals surface area (Å²) >= 11 is 0. The molecule has 0 bridgehead atoms. The van der Waals surface area contributed by atoms with Gasteiger partial charge in [0.25, 0.3) is 0 Å². The summed E-state index contributed by atoms with van der Waals surface area (Å²) in [5.74, 6) is 0. The number of fused-ring (bicyclic) bond motifs is 1. The summed E-state index contributed by atoms with van der Waals surface area (Å²) in [6, 6.07) is 0. The Balaban J connectivity index is 1.92. The van der Waals surface area contributed by atoms with E-state index in [2.05, 4.69) is 0 Å². The largest absolute Gasteiger partial charge is 0.393 e. The SMILES string of the molecule is O[C@@H]1CCC[C@@H]2O[C@@H]2C1. The second-order valence-electron chi connectivity index (χ2n) is 3.03. The molecule has 2 heteroatoms. The van der Waals surface area contributed by atoms with Crippen LogP contribution in [0.5, 0.6) is 0 Å². The van der Waals surface area contributed by atoms with Crippen molar-refractivity contribution in [1.82, 2.24) is 0 Å². The second kappa shape index (κ2) is 1.96. The van der Waals surface area contributed by atoms with Gasteiger partial charge in [-0.3, -0.25) is 0 Å². The number of aliphatic hydroxyl groups excluding tert-OH is 1. The summed E-state index contributed by atoms with van der Waals surface area (Å²) < 4.78 is 5.27. The van der Waals surface area contributed by atoms with Gasteiger partial charge in [0.05, 0.1) is 18.3 Å². The minimum Gasteiger partial charge on any atom is -0.393 e. The summed E-state index contributed by atoms with van der Waals surface area (Å²) in [5.41, 5.74) is 0. The van der Waals surface area contributed by atoms with Crippen molar-refractivity contribution >= 4 is 0 Å². The minimum absolute atomic E-state index is 0.0810. The van der Waals surface area contributed by atoms with Crippen LogP contribution in [0.25, 0.3) is 0 Å². The summed E-state index contributed by atoms with van der Waals surface area (Å²) in [7, 11) is 0. The Kier molecular flexibility index (Phi) is 1.24. The van der Waals surface area contributed by atoms with Crippen LogP contribution in [-0.2, 0) is 4.74 Å². The lowest BCUT2D eigenvalue weighted by atomic mass is 10.1. The summed E-state index contributed by atoms with van der Waals surface area (Å²) in [4.78, 5) is 0. The van der Waals surface area contributed by atoms with E-state index in [0.29, 0.717) is 12.2 Å². The van der Waals surface area contributed by atoms with Crippen LogP contribution in [0, 0.1) is 0 Å². The molecule has 1 heterocycles. The third-order valence-electron chi connectivity index (χ3n) is 2.22. The molecule has 0 spiro atoms. The molecule has 2 fully saturated rings. The molecule has 0 aromatic rings. The van der Waals surface area contributed by atoms with Gasteiger partial charge in [-0.2, -0.15) is 0 Å². The average molecular weight is 128 g/mol. The molecule has 2 aliphatic rings. The molecule has 0 unspecified atom stereocenters. The van der Waals surface area contributed by atoms with E-state index in [0.717, 1.165) is 19.3 Å². The van der Waals surface area contributed by atoms with Gasteiger partial charge in [0.1, 0.15) is 0 Å². The van der Waals surface area contributed by atoms with Crippen molar-refractivity contribution in [2.75, 3.05) is 0 Å². The van der Waals surface area contributed by atoms with E-state index >= 15 is 0 Å². The van der Waals surface area contributed by atoms with E-state index in [-0.39, 0.29) is 6.10 Å². The highest BCUT2D eigenvalue weighted by Gasteiger charge is 2.41. The van der Waals surface area contributed by atoms with Crippen molar-refractivity contribution < 1.29 is 9.84 Å². The number of ether oxygens (including phenoxy) is 1. The molecule has 1 saturated carbocycles. The van der Waals surface area contributed by atoms with Crippen molar-refractivity contribution in [3.63, 3.8) is 0 Å². The van der Waals surface area contributed by atoms with Crippen LogP contribution in [0.2, 0.25) is 0 Å². The van der Waals surface area contributed by atoms with Crippen molar-refractivity contribution in [2.45, 2.75) is 44.0 Å². The van der Waals surface area contributed by atoms with Gasteiger partial charge >= 0.3 is 0 Å². The summed E-state index contributed by atoms with van der Waals surface area (Å²) in [6.45, 7) is 0. The van der Waals surface area contributed by atoms with Crippen molar-refractivity contribution in [3.8, 4) is 0 Å².